The number of hydrogen-bond acceptors (Lipinski definition) is 2. The maximum atomic E-state index is 5.84. The lowest BCUT2D eigenvalue weighted by molar-refractivity contribution is 0.531. The summed E-state index contributed by atoms with van der Waals surface area (Å²) in [5.74, 6) is 1.08. The van der Waals surface area contributed by atoms with Gasteiger partial charge in [0.1, 0.15) is 11.3 Å². The van der Waals surface area contributed by atoms with Crippen molar-refractivity contribution in [3.63, 3.8) is 0 Å². The summed E-state index contributed by atoms with van der Waals surface area (Å²) < 4.78 is 5.84. The predicted octanol–water partition coefficient (Wildman–Crippen LogP) is 3.28. The quantitative estimate of drug-likeness (QED) is 0.777. The van der Waals surface area contributed by atoms with Gasteiger partial charge in [0.2, 0.25) is 0 Å². The molecule has 0 fully saturated rings. The molecule has 0 aliphatic heterocycles. The zero-order valence-corrected chi connectivity index (χ0v) is 10.0. The first-order valence-corrected chi connectivity index (χ1v) is 6.00. The van der Waals surface area contributed by atoms with Gasteiger partial charge in [-0.2, -0.15) is 0 Å². The molecule has 0 saturated heterocycles. The van der Waals surface area contributed by atoms with E-state index in [1.54, 1.807) is 0 Å². The number of hydrogen-bond donors (Lipinski definition) is 1. The van der Waals surface area contributed by atoms with Crippen molar-refractivity contribution < 1.29 is 4.42 Å². The Bertz CT molecular complexity index is 459. The first-order chi connectivity index (χ1) is 7.81. The van der Waals surface area contributed by atoms with E-state index in [1.807, 2.05) is 0 Å². The summed E-state index contributed by atoms with van der Waals surface area (Å²) in [5, 5.41) is 4.60. The summed E-state index contributed by atoms with van der Waals surface area (Å²) in [6, 6.07) is 8.42. The minimum Gasteiger partial charge on any atom is -0.461 e. The standard InChI is InChI=1S/C14H19NO/c1-3-8-15-9-7-13-10-12-6-4-5-11(2)14(12)16-13/h4-6,10,15H,3,7-9H2,1-2H3. The lowest BCUT2D eigenvalue weighted by Crippen LogP contribution is -2.17. The van der Waals surface area contributed by atoms with Crippen LogP contribution in [-0.2, 0) is 6.42 Å². The van der Waals surface area contributed by atoms with Crippen molar-refractivity contribution in [1.29, 1.82) is 0 Å². The lowest BCUT2D eigenvalue weighted by atomic mass is 10.2. The minimum absolute atomic E-state index is 0.966. The Hall–Kier alpha value is -1.28. The SMILES string of the molecule is CCCNCCc1cc2cccc(C)c2o1. The van der Waals surface area contributed by atoms with Crippen LogP contribution in [-0.4, -0.2) is 13.1 Å². The van der Waals surface area contributed by atoms with Gasteiger partial charge in [-0.05, 0) is 31.5 Å². The molecule has 0 radical (unpaired) electrons. The van der Waals surface area contributed by atoms with Gasteiger partial charge in [0, 0.05) is 18.4 Å². The molecule has 1 N–H and O–H groups in total. The molecule has 0 aliphatic carbocycles. The summed E-state index contributed by atoms with van der Waals surface area (Å²) in [4.78, 5) is 0. The second-order valence-corrected chi connectivity index (χ2v) is 4.21. The highest BCUT2D eigenvalue weighted by atomic mass is 16.3. The number of rotatable bonds is 5. The van der Waals surface area contributed by atoms with Crippen LogP contribution in [0.15, 0.2) is 28.7 Å². The first-order valence-electron chi connectivity index (χ1n) is 6.00. The third-order valence-electron chi connectivity index (χ3n) is 2.77. The van der Waals surface area contributed by atoms with Crippen molar-refractivity contribution in [1.82, 2.24) is 5.32 Å². The summed E-state index contributed by atoms with van der Waals surface area (Å²) in [7, 11) is 0. The zero-order valence-electron chi connectivity index (χ0n) is 10.0. The molecule has 0 bridgehead atoms. The normalized spacial score (nSPS) is 11.1. The molecule has 1 heterocycles. The summed E-state index contributed by atoms with van der Waals surface area (Å²) in [5.41, 5.74) is 2.25. The van der Waals surface area contributed by atoms with Gasteiger partial charge in [-0.3, -0.25) is 0 Å². The van der Waals surface area contributed by atoms with E-state index in [0.717, 1.165) is 30.9 Å². The number of fused-ring (bicyclic) bond motifs is 1. The molecule has 2 aromatic rings. The van der Waals surface area contributed by atoms with E-state index in [9.17, 15) is 0 Å². The fourth-order valence-electron chi connectivity index (χ4n) is 1.90. The molecule has 2 rings (SSSR count). The molecule has 2 heteroatoms. The predicted molar refractivity (Wildman–Crippen MR) is 67.8 cm³/mol. The molecule has 86 valence electrons. The van der Waals surface area contributed by atoms with E-state index in [1.165, 1.54) is 17.4 Å². The molecule has 0 saturated carbocycles. The number of aryl methyl sites for hydroxylation is 1. The van der Waals surface area contributed by atoms with Crippen LogP contribution >= 0.6 is 0 Å². The third kappa shape index (κ3) is 2.45. The number of furan rings is 1. The Morgan fingerprint density at radius 1 is 1.25 bits per heavy atom. The van der Waals surface area contributed by atoms with E-state index in [0.29, 0.717) is 0 Å². The molecule has 2 nitrogen and oxygen atoms in total. The third-order valence-corrected chi connectivity index (χ3v) is 2.77. The van der Waals surface area contributed by atoms with Crippen LogP contribution in [0.25, 0.3) is 11.0 Å². The number of benzene rings is 1. The summed E-state index contributed by atoms with van der Waals surface area (Å²) in [6.07, 6.45) is 2.15. The molecule has 0 aliphatic rings. The van der Waals surface area contributed by atoms with Crippen LogP contribution in [0.2, 0.25) is 0 Å². The van der Waals surface area contributed by atoms with Crippen molar-refractivity contribution in [3.8, 4) is 0 Å². The molecular weight excluding hydrogens is 198 g/mol. The van der Waals surface area contributed by atoms with E-state index >= 15 is 0 Å². The maximum absolute atomic E-state index is 5.84. The Kier molecular flexibility index (Phi) is 3.62. The molecule has 0 unspecified atom stereocenters. The molecule has 1 aromatic carbocycles. The fourth-order valence-corrected chi connectivity index (χ4v) is 1.90. The van der Waals surface area contributed by atoms with Crippen LogP contribution in [0.4, 0.5) is 0 Å². The Morgan fingerprint density at radius 2 is 2.12 bits per heavy atom. The largest absolute Gasteiger partial charge is 0.461 e. The van der Waals surface area contributed by atoms with Gasteiger partial charge in [0.25, 0.3) is 0 Å². The molecular formula is C14H19NO. The Morgan fingerprint density at radius 3 is 2.88 bits per heavy atom. The Labute approximate surface area is 96.6 Å². The van der Waals surface area contributed by atoms with Crippen molar-refractivity contribution in [2.45, 2.75) is 26.7 Å². The van der Waals surface area contributed by atoms with E-state index in [4.69, 9.17) is 4.42 Å². The van der Waals surface area contributed by atoms with E-state index < -0.39 is 0 Å². The van der Waals surface area contributed by atoms with Gasteiger partial charge >= 0.3 is 0 Å². The van der Waals surface area contributed by atoms with E-state index in [-0.39, 0.29) is 0 Å². The molecule has 0 atom stereocenters. The monoisotopic (exact) mass is 217 g/mol. The van der Waals surface area contributed by atoms with Crippen molar-refractivity contribution in [3.05, 3.63) is 35.6 Å². The summed E-state index contributed by atoms with van der Waals surface area (Å²) >= 11 is 0. The van der Waals surface area contributed by atoms with Crippen LogP contribution in [0, 0.1) is 6.92 Å². The molecule has 1 aromatic heterocycles. The highest BCUT2D eigenvalue weighted by molar-refractivity contribution is 5.80. The van der Waals surface area contributed by atoms with Crippen LogP contribution in [0.1, 0.15) is 24.7 Å². The minimum atomic E-state index is 0.966. The zero-order chi connectivity index (χ0) is 11.4. The van der Waals surface area contributed by atoms with Gasteiger partial charge in [-0.25, -0.2) is 0 Å². The molecule has 0 amide bonds. The van der Waals surface area contributed by atoms with Gasteiger partial charge in [-0.15, -0.1) is 0 Å². The second kappa shape index (κ2) is 5.17. The second-order valence-electron chi connectivity index (χ2n) is 4.21. The van der Waals surface area contributed by atoms with Crippen molar-refractivity contribution in [2.24, 2.45) is 0 Å². The van der Waals surface area contributed by atoms with Crippen molar-refractivity contribution in [2.75, 3.05) is 13.1 Å². The van der Waals surface area contributed by atoms with Crippen LogP contribution in [0.3, 0.4) is 0 Å². The van der Waals surface area contributed by atoms with Gasteiger partial charge in [0.05, 0.1) is 0 Å². The highest BCUT2D eigenvalue weighted by Crippen LogP contribution is 2.22. The smallest absolute Gasteiger partial charge is 0.137 e. The lowest BCUT2D eigenvalue weighted by Gasteiger charge is -1.99. The summed E-state index contributed by atoms with van der Waals surface area (Å²) in [6.45, 7) is 6.34. The maximum Gasteiger partial charge on any atom is 0.137 e. The average Bonchev–Trinajstić information content (AvgIpc) is 2.69. The number of nitrogens with one attached hydrogen (secondary N) is 1. The fraction of sp³-hybridized carbons (Fsp3) is 0.429. The average molecular weight is 217 g/mol. The van der Waals surface area contributed by atoms with Crippen LogP contribution < -0.4 is 5.32 Å². The Balaban J connectivity index is 2.05. The van der Waals surface area contributed by atoms with Crippen LogP contribution in [0.5, 0.6) is 0 Å². The molecule has 0 spiro atoms. The van der Waals surface area contributed by atoms with Crippen molar-refractivity contribution >= 4 is 11.0 Å². The van der Waals surface area contributed by atoms with Gasteiger partial charge < -0.3 is 9.73 Å². The number of para-hydroxylation sites is 1. The first kappa shape index (κ1) is 11.2. The van der Waals surface area contributed by atoms with Gasteiger partial charge in [0.15, 0.2) is 0 Å². The van der Waals surface area contributed by atoms with E-state index in [2.05, 4.69) is 43.4 Å². The topological polar surface area (TPSA) is 25.2 Å². The molecule has 16 heavy (non-hydrogen) atoms. The highest BCUT2D eigenvalue weighted by Gasteiger charge is 2.04. The van der Waals surface area contributed by atoms with Gasteiger partial charge in [-0.1, -0.05) is 25.1 Å².